The summed E-state index contributed by atoms with van der Waals surface area (Å²) >= 11 is 4.88. The molecule has 2 aromatic rings. The zero-order chi connectivity index (χ0) is 9.80. The van der Waals surface area contributed by atoms with Crippen LogP contribution in [0.15, 0.2) is 35.1 Å². The molecule has 0 spiro atoms. The molecule has 0 saturated heterocycles. The van der Waals surface area contributed by atoms with Crippen LogP contribution in [0.2, 0.25) is 0 Å². The molecule has 0 aliphatic heterocycles. The number of hydrogen-bond donors (Lipinski definition) is 2. The fourth-order valence-corrected chi connectivity index (χ4v) is 1.24. The maximum absolute atomic E-state index is 5.17. The van der Waals surface area contributed by atoms with Gasteiger partial charge >= 0.3 is 0 Å². The lowest BCUT2D eigenvalue weighted by atomic mass is 10.4. The third-order valence-corrected chi connectivity index (χ3v) is 1.92. The molecular formula is C9H9N3OS. The van der Waals surface area contributed by atoms with E-state index in [-0.39, 0.29) is 0 Å². The Morgan fingerprint density at radius 3 is 3.14 bits per heavy atom. The maximum Gasteiger partial charge on any atom is 0.198 e. The Morgan fingerprint density at radius 2 is 2.43 bits per heavy atom. The molecule has 14 heavy (non-hydrogen) atoms. The summed E-state index contributed by atoms with van der Waals surface area (Å²) in [5, 5.41) is 3.13. The van der Waals surface area contributed by atoms with Gasteiger partial charge in [-0.15, -0.1) is 0 Å². The average Bonchev–Trinajstić information content (AvgIpc) is 2.67. The van der Waals surface area contributed by atoms with E-state index in [0.29, 0.717) is 11.3 Å². The minimum Gasteiger partial charge on any atom is -0.467 e. The van der Waals surface area contributed by atoms with Crippen LogP contribution in [-0.2, 0) is 6.54 Å². The molecule has 4 nitrogen and oxygen atoms in total. The van der Waals surface area contributed by atoms with E-state index in [9.17, 15) is 0 Å². The number of furan rings is 1. The fourth-order valence-electron chi connectivity index (χ4n) is 1.07. The van der Waals surface area contributed by atoms with Crippen LogP contribution >= 0.6 is 12.2 Å². The molecule has 2 aromatic heterocycles. The van der Waals surface area contributed by atoms with Gasteiger partial charge in [-0.3, -0.25) is 0 Å². The van der Waals surface area contributed by atoms with Crippen molar-refractivity contribution in [3.05, 3.63) is 41.2 Å². The van der Waals surface area contributed by atoms with Crippen LogP contribution in [0.3, 0.4) is 0 Å². The van der Waals surface area contributed by atoms with Crippen molar-refractivity contribution in [1.82, 2.24) is 9.97 Å². The molecule has 0 unspecified atom stereocenters. The van der Waals surface area contributed by atoms with Gasteiger partial charge < -0.3 is 14.7 Å². The summed E-state index contributed by atoms with van der Waals surface area (Å²) in [6.07, 6.45) is 3.30. The number of nitrogens with zero attached hydrogens (tertiary/aromatic N) is 1. The SMILES string of the molecule is S=c1nccc(NCc2ccco2)[nH]1. The largest absolute Gasteiger partial charge is 0.467 e. The highest BCUT2D eigenvalue weighted by Crippen LogP contribution is 2.05. The van der Waals surface area contributed by atoms with Crippen molar-refractivity contribution in [2.75, 3.05) is 5.32 Å². The Labute approximate surface area is 86.0 Å². The van der Waals surface area contributed by atoms with Gasteiger partial charge in [0.25, 0.3) is 0 Å². The summed E-state index contributed by atoms with van der Waals surface area (Å²) in [4.78, 5) is 6.80. The van der Waals surface area contributed by atoms with Gasteiger partial charge in [0.1, 0.15) is 11.6 Å². The fraction of sp³-hybridized carbons (Fsp3) is 0.111. The third-order valence-electron chi connectivity index (χ3n) is 1.71. The summed E-state index contributed by atoms with van der Waals surface area (Å²) in [6, 6.07) is 5.58. The smallest absolute Gasteiger partial charge is 0.198 e. The molecule has 2 rings (SSSR count). The Hall–Kier alpha value is -1.62. The second-order valence-corrected chi connectivity index (χ2v) is 3.11. The van der Waals surface area contributed by atoms with Crippen LogP contribution in [0.4, 0.5) is 5.82 Å². The summed E-state index contributed by atoms with van der Waals surface area (Å²) in [5.41, 5.74) is 0. The lowest BCUT2D eigenvalue weighted by Crippen LogP contribution is -2.00. The minimum absolute atomic E-state index is 0.467. The van der Waals surface area contributed by atoms with Crippen molar-refractivity contribution in [1.29, 1.82) is 0 Å². The Bertz CT molecular complexity index is 449. The van der Waals surface area contributed by atoms with Crippen LogP contribution in [-0.4, -0.2) is 9.97 Å². The number of anilines is 1. The second-order valence-electron chi connectivity index (χ2n) is 2.72. The normalized spacial score (nSPS) is 10.0. The minimum atomic E-state index is 0.467. The molecule has 0 radical (unpaired) electrons. The number of hydrogen-bond acceptors (Lipinski definition) is 4. The highest BCUT2D eigenvalue weighted by molar-refractivity contribution is 7.71. The second kappa shape index (κ2) is 4.06. The van der Waals surface area contributed by atoms with Crippen LogP contribution in [0.1, 0.15) is 5.76 Å². The number of rotatable bonds is 3. The number of nitrogens with one attached hydrogen (secondary N) is 2. The Balaban J connectivity index is 2.02. The van der Waals surface area contributed by atoms with Crippen molar-refractivity contribution < 1.29 is 4.42 Å². The zero-order valence-electron chi connectivity index (χ0n) is 7.36. The molecule has 0 aliphatic rings. The van der Waals surface area contributed by atoms with Gasteiger partial charge in [0, 0.05) is 6.20 Å². The quantitative estimate of drug-likeness (QED) is 0.758. The predicted molar refractivity (Wildman–Crippen MR) is 55.5 cm³/mol. The first kappa shape index (κ1) is 8.96. The van der Waals surface area contributed by atoms with E-state index in [4.69, 9.17) is 16.6 Å². The van der Waals surface area contributed by atoms with E-state index in [1.807, 2.05) is 18.2 Å². The van der Waals surface area contributed by atoms with Crippen LogP contribution in [0, 0.1) is 4.77 Å². The molecule has 0 atom stereocenters. The van der Waals surface area contributed by atoms with E-state index in [1.54, 1.807) is 12.5 Å². The van der Waals surface area contributed by atoms with Crippen molar-refractivity contribution in [3.8, 4) is 0 Å². The molecule has 2 N–H and O–H groups in total. The lowest BCUT2D eigenvalue weighted by Gasteiger charge is -2.02. The van der Waals surface area contributed by atoms with Crippen molar-refractivity contribution in [2.45, 2.75) is 6.54 Å². The van der Waals surface area contributed by atoms with Crippen LogP contribution in [0.25, 0.3) is 0 Å². The van der Waals surface area contributed by atoms with Gasteiger partial charge in [0.05, 0.1) is 12.8 Å². The maximum atomic E-state index is 5.17. The van der Waals surface area contributed by atoms with Gasteiger partial charge in [0.15, 0.2) is 4.77 Å². The summed E-state index contributed by atoms with van der Waals surface area (Å²) in [7, 11) is 0. The van der Waals surface area contributed by atoms with Crippen molar-refractivity contribution >= 4 is 18.0 Å². The molecule has 0 fully saturated rings. The van der Waals surface area contributed by atoms with E-state index in [1.165, 1.54) is 0 Å². The first-order valence-corrected chi connectivity index (χ1v) is 4.57. The van der Waals surface area contributed by atoms with Gasteiger partial charge in [-0.1, -0.05) is 0 Å². The molecule has 0 aromatic carbocycles. The lowest BCUT2D eigenvalue weighted by molar-refractivity contribution is 0.518. The number of H-pyrrole nitrogens is 1. The Kier molecular flexibility index (Phi) is 2.60. The van der Waals surface area contributed by atoms with E-state index in [0.717, 1.165) is 11.6 Å². The molecule has 0 bridgehead atoms. The predicted octanol–water partition coefficient (Wildman–Crippen LogP) is 2.34. The van der Waals surface area contributed by atoms with E-state index in [2.05, 4.69) is 15.3 Å². The molecule has 0 aliphatic carbocycles. The van der Waals surface area contributed by atoms with Gasteiger partial charge in [-0.25, -0.2) is 4.98 Å². The standard InChI is InChI=1S/C9H9N3OS/c14-9-10-4-3-8(12-9)11-6-7-2-1-5-13-7/h1-5H,6H2,(H2,10,11,12,14). The van der Waals surface area contributed by atoms with Crippen molar-refractivity contribution in [2.24, 2.45) is 0 Å². The summed E-state index contributed by atoms with van der Waals surface area (Å²) < 4.78 is 5.63. The average molecular weight is 207 g/mol. The Morgan fingerprint density at radius 1 is 1.50 bits per heavy atom. The molecule has 0 amide bonds. The molecule has 5 heteroatoms. The zero-order valence-corrected chi connectivity index (χ0v) is 8.17. The number of aromatic nitrogens is 2. The highest BCUT2D eigenvalue weighted by atomic mass is 32.1. The molecule has 72 valence electrons. The van der Waals surface area contributed by atoms with Crippen LogP contribution in [0.5, 0.6) is 0 Å². The molecule has 2 heterocycles. The van der Waals surface area contributed by atoms with E-state index >= 15 is 0 Å². The van der Waals surface area contributed by atoms with Crippen LogP contribution < -0.4 is 5.32 Å². The highest BCUT2D eigenvalue weighted by Gasteiger charge is 1.95. The van der Waals surface area contributed by atoms with Gasteiger partial charge in [-0.2, -0.15) is 0 Å². The van der Waals surface area contributed by atoms with E-state index < -0.39 is 0 Å². The third kappa shape index (κ3) is 2.20. The first-order valence-electron chi connectivity index (χ1n) is 4.16. The molecular weight excluding hydrogens is 198 g/mol. The monoisotopic (exact) mass is 207 g/mol. The van der Waals surface area contributed by atoms with Gasteiger partial charge in [-0.05, 0) is 30.4 Å². The molecule has 0 saturated carbocycles. The van der Waals surface area contributed by atoms with Crippen molar-refractivity contribution in [3.63, 3.8) is 0 Å². The topological polar surface area (TPSA) is 53.9 Å². The summed E-state index contributed by atoms with van der Waals surface area (Å²) in [5.74, 6) is 1.71. The first-order chi connectivity index (χ1) is 6.84. The van der Waals surface area contributed by atoms with Gasteiger partial charge in [0.2, 0.25) is 0 Å². The number of aromatic amines is 1. The summed E-state index contributed by atoms with van der Waals surface area (Å²) in [6.45, 7) is 0.627.